The van der Waals surface area contributed by atoms with Crippen LogP contribution in [0.1, 0.15) is 24.0 Å². The fraction of sp³-hybridized carbons (Fsp3) is 0.158. The van der Waals surface area contributed by atoms with Crippen LogP contribution < -0.4 is 10.9 Å². The highest BCUT2D eigenvalue weighted by atomic mass is 16.4. The maximum absolute atomic E-state index is 9.57. The van der Waals surface area contributed by atoms with Crippen LogP contribution in [0.3, 0.4) is 0 Å². The summed E-state index contributed by atoms with van der Waals surface area (Å²) in [5.74, 6) is 0. The van der Waals surface area contributed by atoms with E-state index in [1.807, 2.05) is 36.4 Å². The van der Waals surface area contributed by atoms with E-state index in [9.17, 15) is 20.1 Å². The van der Waals surface area contributed by atoms with Crippen LogP contribution in [0.25, 0.3) is 11.1 Å². The molecule has 0 aliphatic heterocycles. The van der Waals surface area contributed by atoms with Crippen molar-refractivity contribution in [2.24, 2.45) is 0 Å². The molecule has 0 spiro atoms. The Hall–Kier alpha value is -2.11. The Bertz CT molecular complexity index is 761. The van der Waals surface area contributed by atoms with Gasteiger partial charge in [-0.15, -0.1) is 13.2 Å². The van der Waals surface area contributed by atoms with Gasteiger partial charge >= 0.3 is 14.2 Å². The van der Waals surface area contributed by atoms with Crippen LogP contribution in [0.4, 0.5) is 0 Å². The fourth-order valence-electron chi connectivity index (χ4n) is 3.87. The summed E-state index contributed by atoms with van der Waals surface area (Å²) >= 11 is 0. The smallest absolute Gasteiger partial charge is 0.423 e. The average Bonchev–Trinajstić information content (AvgIpc) is 2.85. The van der Waals surface area contributed by atoms with Gasteiger partial charge in [0.15, 0.2) is 0 Å². The lowest BCUT2D eigenvalue weighted by molar-refractivity contribution is 0.424. The molecule has 0 radical (unpaired) electrons. The quantitative estimate of drug-likeness (QED) is 0.457. The van der Waals surface area contributed by atoms with Gasteiger partial charge in [-0.1, -0.05) is 48.6 Å². The fourth-order valence-corrected chi connectivity index (χ4v) is 3.87. The second-order valence-electron chi connectivity index (χ2n) is 6.43. The molecule has 2 aromatic rings. The minimum absolute atomic E-state index is 0.423. The van der Waals surface area contributed by atoms with Gasteiger partial charge in [0.2, 0.25) is 0 Å². The van der Waals surface area contributed by atoms with Gasteiger partial charge < -0.3 is 20.1 Å². The van der Waals surface area contributed by atoms with E-state index in [-0.39, 0.29) is 0 Å². The lowest BCUT2D eigenvalue weighted by Gasteiger charge is -2.30. The standard InChI is InChI=1S/C19H20B2O4/c1-3-9-19(10-4-2)17-11-13(20(22)23)5-7-15(17)16-8-6-14(21(24)25)12-18(16)19/h3-8,11-12,22-25H,1-2,9-10H2. The van der Waals surface area contributed by atoms with Gasteiger partial charge in [-0.2, -0.15) is 0 Å². The lowest BCUT2D eigenvalue weighted by Crippen LogP contribution is -2.34. The maximum Gasteiger partial charge on any atom is 0.488 e. The highest BCUT2D eigenvalue weighted by Crippen LogP contribution is 2.52. The van der Waals surface area contributed by atoms with Crippen molar-refractivity contribution < 1.29 is 20.1 Å². The molecule has 4 nitrogen and oxygen atoms in total. The number of hydrogen-bond donors (Lipinski definition) is 4. The van der Waals surface area contributed by atoms with E-state index in [2.05, 4.69) is 13.2 Å². The molecule has 0 saturated carbocycles. The second kappa shape index (κ2) is 6.65. The summed E-state index contributed by atoms with van der Waals surface area (Å²) in [6.45, 7) is 7.76. The molecule has 0 atom stereocenters. The van der Waals surface area contributed by atoms with Crippen LogP contribution in [0, 0.1) is 0 Å². The van der Waals surface area contributed by atoms with E-state index >= 15 is 0 Å². The molecule has 0 fully saturated rings. The minimum atomic E-state index is -1.55. The zero-order valence-corrected chi connectivity index (χ0v) is 13.9. The Morgan fingerprint density at radius 1 is 0.760 bits per heavy atom. The molecule has 0 bridgehead atoms. The molecule has 2 aromatic carbocycles. The van der Waals surface area contributed by atoms with Crippen molar-refractivity contribution in [3.8, 4) is 11.1 Å². The van der Waals surface area contributed by atoms with Gasteiger partial charge in [-0.05, 0) is 46.0 Å². The van der Waals surface area contributed by atoms with Crippen molar-refractivity contribution >= 4 is 25.2 Å². The Morgan fingerprint density at radius 2 is 1.16 bits per heavy atom. The van der Waals surface area contributed by atoms with Crippen LogP contribution >= 0.6 is 0 Å². The Kier molecular flexibility index (Phi) is 4.71. The molecule has 6 heteroatoms. The highest BCUT2D eigenvalue weighted by molar-refractivity contribution is 6.59. The number of rotatable bonds is 6. The molecule has 0 amide bonds. The van der Waals surface area contributed by atoms with E-state index in [1.165, 1.54) is 0 Å². The van der Waals surface area contributed by atoms with Crippen molar-refractivity contribution in [1.82, 2.24) is 0 Å². The third-order valence-corrected chi connectivity index (χ3v) is 4.99. The summed E-state index contributed by atoms with van der Waals surface area (Å²) in [4.78, 5) is 0. The van der Waals surface area contributed by atoms with Gasteiger partial charge in [-0.3, -0.25) is 0 Å². The van der Waals surface area contributed by atoms with Crippen LogP contribution in [-0.4, -0.2) is 34.3 Å². The lowest BCUT2D eigenvalue weighted by atomic mass is 9.69. The Balaban J connectivity index is 2.32. The van der Waals surface area contributed by atoms with Gasteiger partial charge in [0.05, 0.1) is 0 Å². The molecule has 1 aliphatic carbocycles. The molecular weight excluding hydrogens is 314 g/mol. The molecule has 0 aromatic heterocycles. The molecule has 0 saturated heterocycles. The Labute approximate surface area is 148 Å². The molecule has 0 unspecified atom stereocenters. The third kappa shape index (κ3) is 2.77. The van der Waals surface area contributed by atoms with E-state index in [4.69, 9.17) is 0 Å². The summed E-state index contributed by atoms with van der Waals surface area (Å²) in [5, 5.41) is 38.3. The van der Waals surface area contributed by atoms with Crippen LogP contribution in [0.5, 0.6) is 0 Å². The first-order chi connectivity index (χ1) is 11.9. The predicted molar refractivity (Wildman–Crippen MR) is 102 cm³/mol. The number of fused-ring (bicyclic) bond motifs is 3. The van der Waals surface area contributed by atoms with Crippen LogP contribution in [0.2, 0.25) is 0 Å². The molecule has 25 heavy (non-hydrogen) atoms. The molecule has 4 N–H and O–H groups in total. The minimum Gasteiger partial charge on any atom is -0.423 e. The van der Waals surface area contributed by atoms with Crippen molar-refractivity contribution in [3.05, 3.63) is 72.8 Å². The first-order valence-electron chi connectivity index (χ1n) is 8.18. The van der Waals surface area contributed by atoms with Gasteiger partial charge in [-0.25, -0.2) is 0 Å². The van der Waals surface area contributed by atoms with Crippen molar-refractivity contribution in [2.45, 2.75) is 18.3 Å². The van der Waals surface area contributed by atoms with Gasteiger partial charge in [0.25, 0.3) is 0 Å². The average molecular weight is 334 g/mol. The summed E-state index contributed by atoms with van der Waals surface area (Å²) in [5.41, 5.74) is 4.32. The predicted octanol–water partition coefficient (Wildman–Crippen LogP) is 0.465. The first kappa shape index (κ1) is 17.7. The van der Waals surface area contributed by atoms with E-state index in [0.717, 1.165) is 22.3 Å². The molecule has 0 heterocycles. The van der Waals surface area contributed by atoms with E-state index in [0.29, 0.717) is 23.8 Å². The topological polar surface area (TPSA) is 80.9 Å². The normalized spacial score (nSPS) is 13.8. The SMILES string of the molecule is C=CCC1(CC=C)c2cc(B(O)O)ccc2-c2ccc(B(O)O)cc21. The molecule has 3 rings (SSSR count). The first-order valence-corrected chi connectivity index (χ1v) is 8.18. The summed E-state index contributed by atoms with van der Waals surface area (Å²) in [6.07, 6.45) is 4.89. The zero-order chi connectivity index (χ0) is 18.2. The second-order valence-corrected chi connectivity index (χ2v) is 6.43. The largest absolute Gasteiger partial charge is 0.488 e. The summed E-state index contributed by atoms with van der Waals surface area (Å²) in [7, 11) is -3.09. The van der Waals surface area contributed by atoms with E-state index in [1.54, 1.807) is 12.1 Å². The number of allylic oxidation sites excluding steroid dienone is 2. The Morgan fingerprint density at radius 3 is 1.48 bits per heavy atom. The molecular formula is C19H20B2O4. The number of hydrogen-bond acceptors (Lipinski definition) is 4. The molecule has 1 aliphatic rings. The van der Waals surface area contributed by atoms with Crippen LogP contribution in [-0.2, 0) is 5.41 Å². The maximum atomic E-state index is 9.57. The van der Waals surface area contributed by atoms with Crippen molar-refractivity contribution in [2.75, 3.05) is 0 Å². The molecule has 126 valence electrons. The van der Waals surface area contributed by atoms with Gasteiger partial charge in [0.1, 0.15) is 0 Å². The van der Waals surface area contributed by atoms with Crippen molar-refractivity contribution in [3.63, 3.8) is 0 Å². The zero-order valence-electron chi connectivity index (χ0n) is 13.9. The van der Waals surface area contributed by atoms with Crippen LogP contribution in [0.15, 0.2) is 61.7 Å². The monoisotopic (exact) mass is 334 g/mol. The summed E-state index contributed by atoms with van der Waals surface area (Å²) < 4.78 is 0. The highest BCUT2D eigenvalue weighted by Gasteiger charge is 2.42. The summed E-state index contributed by atoms with van der Waals surface area (Å²) in [6, 6.07) is 10.8. The van der Waals surface area contributed by atoms with Crippen molar-refractivity contribution in [1.29, 1.82) is 0 Å². The van der Waals surface area contributed by atoms with Gasteiger partial charge in [0, 0.05) is 5.41 Å². The number of benzene rings is 2. The third-order valence-electron chi connectivity index (χ3n) is 4.99. The van der Waals surface area contributed by atoms with E-state index < -0.39 is 19.7 Å².